The summed E-state index contributed by atoms with van der Waals surface area (Å²) in [5.74, 6) is 0. The van der Waals surface area contributed by atoms with Crippen LogP contribution in [0.25, 0.3) is 0 Å². The summed E-state index contributed by atoms with van der Waals surface area (Å²) in [5, 5.41) is 2.16. The van der Waals surface area contributed by atoms with Crippen molar-refractivity contribution < 1.29 is 0 Å². The number of hydrogen-bond acceptors (Lipinski definition) is 2. The van der Waals surface area contributed by atoms with E-state index in [-0.39, 0.29) is 0 Å². The van der Waals surface area contributed by atoms with E-state index in [0.717, 1.165) is 13.0 Å². The average molecular weight is 316 g/mol. The fourth-order valence-corrected chi connectivity index (χ4v) is 4.37. The number of rotatable bonds is 3. The van der Waals surface area contributed by atoms with E-state index in [2.05, 4.69) is 41.2 Å². The molecule has 1 nitrogen and oxygen atoms in total. The largest absolute Gasteiger partial charge is 0.330 e. The molecular weight excluding hydrogens is 294 g/mol. The second-order valence-corrected chi connectivity index (χ2v) is 8.09. The molecule has 0 bridgehead atoms. The van der Waals surface area contributed by atoms with Crippen molar-refractivity contribution in [1.82, 2.24) is 0 Å². The fourth-order valence-electron chi connectivity index (χ4n) is 2.70. The Kier molecular flexibility index (Phi) is 4.01. The Labute approximate surface area is 117 Å². The minimum Gasteiger partial charge on any atom is -0.330 e. The summed E-state index contributed by atoms with van der Waals surface area (Å²) >= 11 is 5.49. The third-order valence-electron chi connectivity index (χ3n) is 4.32. The maximum absolute atomic E-state index is 6.08. The fraction of sp³-hybridized carbons (Fsp3) is 0.714. The molecule has 0 atom stereocenters. The molecule has 1 heterocycles. The molecule has 1 aliphatic rings. The Morgan fingerprint density at radius 2 is 1.94 bits per heavy atom. The molecule has 0 spiro atoms. The lowest BCUT2D eigenvalue weighted by Gasteiger charge is -2.43. The van der Waals surface area contributed by atoms with Gasteiger partial charge in [-0.15, -0.1) is 11.3 Å². The first kappa shape index (κ1) is 13.6. The van der Waals surface area contributed by atoms with Crippen LogP contribution in [0.5, 0.6) is 0 Å². The van der Waals surface area contributed by atoms with Gasteiger partial charge in [-0.25, -0.2) is 0 Å². The van der Waals surface area contributed by atoms with Gasteiger partial charge in [0.1, 0.15) is 0 Å². The van der Waals surface area contributed by atoms with Crippen LogP contribution in [-0.4, -0.2) is 6.54 Å². The van der Waals surface area contributed by atoms with E-state index < -0.39 is 0 Å². The number of nitrogens with two attached hydrogens (primary N) is 1. The van der Waals surface area contributed by atoms with Crippen molar-refractivity contribution in [3.63, 3.8) is 0 Å². The Morgan fingerprint density at radius 1 is 1.29 bits per heavy atom. The lowest BCUT2D eigenvalue weighted by atomic mass is 9.63. The van der Waals surface area contributed by atoms with Gasteiger partial charge in [0, 0.05) is 9.35 Å². The highest BCUT2D eigenvalue weighted by Crippen LogP contribution is 2.47. The van der Waals surface area contributed by atoms with E-state index >= 15 is 0 Å². The lowest BCUT2D eigenvalue weighted by Crippen LogP contribution is -2.38. The molecule has 1 aliphatic carbocycles. The zero-order valence-corrected chi connectivity index (χ0v) is 13.2. The third kappa shape index (κ3) is 3.12. The minimum atomic E-state index is 0.350. The molecule has 0 amide bonds. The summed E-state index contributed by atoms with van der Waals surface area (Å²) in [4.78, 5) is 1.47. The molecule has 1 aromatic heterocycles. The molecule has 0 aliphatic heterocycles. The maximum Gasteiger partial charge on any atom is 0.0314 e. The summed E-state index contributed by atoms with van der Waals surface area (Å²) in [7, 11) is 0. The summed E-state index contributed by atoms with van der Waals surface area (Å²) in [6, 6.07) is 2.15. The van der Waals surface area contributed by atoms with Crippen molar-refractivity contribution in [1.29, 1.82) is 0 Å². The predicted molar refractivity (Wildman–Crippen MR) is 79.5 cm³/mol. The first-order valence-corrected chi connectivity index (χ1v) is 8.06. The zero-order chi connectivity index (χ0) is 12.5. The molecule has 0 saturated heterocycles. The average Bonchev–Trinajstić information content (AvgIpc) is 2.68. The van der Waals surface area contributed by atoms with Crippen LogP contribution in [0.15, 0.2) is 15.9 Å². The molecule has 3 heteroatoms. The molecular formula is C14H22BrNS. The molecule has 17 heavy (non-hydrogen) atoms. The van der Waals surface area contributed by atoms with E-state index in [1.807, 2.05) is 11.3 Å². The third-order valence-corrected chi connectivity index (χ3v) is 6.25. The molecule has 0 unspecified atom stereocenters. The van der Waals surface area contributed by atoms with Gasteiger partial charge >= 0.3 is 0 Å². The summed E-state index contributed by atoms with van der Waals surface area (Å²) in [6.07, 6.45) is 6.33. The summed E-state index contributed by atoms with van der Waals surface area (Å²) in [6.45, 7) is 5.59. The van der Waals surface area contributed by atoms with Crippen molar-refractivity contribution in [3.05, 3.63) is 20.8 Å². The molecule has 1 aromatic rings. The van der Waals surface area contributed by atoms with Gasteiger partial charge in [-0.3, -0.25) is 0 Å². The Morgan fingerprint density at radius 3 is 2.41 bits per heavy atom. The number of hydrogen-bond donors (Lipinski definition) is 1. The summed E-state index contributed by atoms with van der Waals surface area (Å²) in [5.41, 5.74) is 6.95. The lowest BCUT2D eigenvalue weighted by molar-refractivity contribution is 0.108. The molecule has 0 aromatic carbocycles. The molecule has 96 valence electrons. The van der Waals surface area contributed by atoms with Crippen LogP contribution in [0.1, 0.15) is 44.4 Å². The highest BCUT2D eigenvalue weighted by molar-refractivity contribution is 9.10. The SMILES string of the molecule is CC1(C)CCC(CN)(Cc2sccc2Br)CC1. The van der Waals surface area contributed by atoms with Gasteiger partial charge in [-0.05, 0) is 76.9 Å². The maximum atomic E-state index is 6.08. The Balaban J connectivity index is 2.09. The first-order valence-electron chi connectivity index (χ1n) is 6.38. The van der Waals surface area contributed by atoms with Crippen LogP contribution in [0.2, 0.25) is 0 Å². The second-order valence-electron chi connectivity index (χ2n) is 6.24. The minimum absolute atomic E-state index is 0.350. The van der Waals surface area contributed by atoms with E-state index in [9.17, 15) is 0 Å². The van der Waals surface area contributed by atoms with Gasteiger partial charge in [-0.1, -0.05) is 13.8 Å². The monoisotopic (exact) mass is 315 g/mol. The zero-order valence-electron chi connectivity index (χ0n) is 10.8. The van der Waals surface area contributed by atoms with E-state index in [4.69, 9.17) is 5.73 Å². The highest BCUT2D eigenvalue weighted by Gasteiger charge is 2.37. The molecule has 0 radical (unpaired) electrons. The van der Waals surface area contributed by atoms with Crippen LogP contribution >= 0.6 is 27.3 Å². The highest BCUT2D eigenvalue weighted by atomic mass is 79.9. The number of thiophene rings is 1. The normalized spacial score (nSPS) is 22.6. The first-order chi connectivity index (χ1) is 7.96. The molecule has 1 saturated carbocycles. The van der Waals surface area contributed by atoms with Crippen molar-refractivity contribution in [2.45, 2.75) is 46.0 Å². The topological polar surface area (TPSA) is 26.0 Å². The molecule has 2 rings (SSSR count). The van der Waals surface area contributed by atoms with Crippen LogP contribution < -0.4 is 5.73 Å². The van der Waals surface area contributed by atoms with Gasteiger partial charge in [0.25, 0.3) is 0 Å². The number of halogens is 1. The van der Waals surface area contributed by atoms with E-state index in [0.29, 0.717) is 10.8 Å². The van der Waals surface area contributed by atoms with Crippen LogP contribution in [0.3, 0.4) is 0 Å². The van der Waals surface area contributed by atoms with Gasteiger partial charge in [0.15, 0.2) is 0 Å². The van der Waals surface area contributed by atoms with Crippen molar-refractivity contribution >= 4 is 27.3 Å². The van der Waals surface area contributed by atoms with E-state index in [1.54, 1.807) is 0 Å². The van der Waals surface area contributed by atoms with Crippen LogP contribution in [0, 0.1) is 10.8 Å². The Bertz CT molecular complexity index is 373. The van der Waals surface area contributed by atoms with Gasteiger partial charge in [0.05, 0.1) is 0 Å². The van der Waals surface area contributed by atoms with Gasteiger partial charge in [0.2, 0.25) is 0 Å². The predicted octanol–water partition coefficient (Wildman–Crippen LogP) is 4.60. The smallest absolute Gasteiger partial charge is 0.0314 e. The van der Waals surface area contributed by atoms with Crippen molar-refractivity contribution in [2.24, 2.45) is 16.6 Å². The molecule has 1 fully saturated rings. The van der Waals surface area contributed by atoms with Crippen LogP contribution in [-0.2, 0) is 6.42 Å². The standard InChI is InChI=1S/C14H22BrNS/c1-13(2)4-6-14(10-16,7-5-13)9-12-11(15)3-8-17-12/h3,8H,4-7,9-10,16H2,1-2H3. The van der Waals surface area contributed by atoms with Crippen LogP contribution in [0.4, 0.5) is 0 Å². The van der Waals surface area contributed by atoms with Crippen molar-refractivity contribution in [2.75, 3.05) is 6.54 Å². The van der Waals surface area contributed by atoms with Crippen molar-refractivity contribution in [3.8, 4) is 0 Å². The van der Waals surface area contributed by atoms with Gasteiger partial charge in [-0.2, -0.15) is 0 Å². The quantitative estimate of drug-likeness (QED) is 0.866. The summed E-state index contributed by atoms with van der Waals surface area (Å²) < 4.78 is 1.26. The van der Waals surface area contributed by atoms with Gasteiger partial charge < -0.3 is 5.73 Å². The molecule has 2 N–H and O–H groups in total. The van der Waals surface area contributed by atoms with E-state index in [1.165, 1.54) is 35.0 Å². The Hall–Kier alpha value is 0.140. The second kappa shape index (κ2) is 5.02.